The van der Waals surface area contributed by atoms with Crippen LogP contribution in [0.25, 0.3) is 0 Å². The zero-order valence-corrected chi connectivity index (χ0v) is 46.7. The van der Waals surface area contributed by atoms with Crippen molar-refractivity contribution in [1.82, 2.24) is 0 Å². The minimum absolute atomic E-state index is 0.0230. The molecule has 7 N–H and O–H groups in total. The molecule has 0 aromatic carbocycles. The van der Waals surface area contributed by atoms with E-state index in [-0.39, 0.29) is 95.1 Å². The zero-order valence-electron chi connectivity index (χ0n) is 41.4. The van der Waals surface area contributed by atoms with E-state index in [9.17, 15) is 64.2 Å². The Morgan fingerprint density at radius 1 is 0.892 bits per heavy atom. The number of cyclic esters (lactones) is 2. The molecule has 3 fully saturated rings. The summed E-state index contributed by atoms with van der Waals surface area (Å²) in [6.07, 6.45) is 10.1. The maximum absolute atomic E-state index is 12.0. The van der Waals surface area contributed by atoms with E-state index in [1.807, 2.05) is 0 Å². The number of hydrogen-bond acceptors (Lipinski definition) is 23. The number of aliphatic hydroxyl groups excluding tert-OH is 5. The molecule has 5 unspecified atom stereocenters. The molecule has 74 heavy (non-hydrogen) atoms. The standard InChI is InChI=1S/C22H40O10.C8H12O2.C5H8O2.C3H6O2.C2H6O.CH3F3O3S.CHF3O2S2.Sn/c1-3-7-18(8-6-10-23)22(27)30-11-5-4-9-21(26)32-16-19(25)15-31-20(14-24)17-29-13-12-28-2;1-2-4-7-5-3-6-10-8(7)9;6-5-3-1-2-4-7-5;4-1-3-2-5-3;1-2-3;2*2-1(3,4)8(5,6)7;/h3,18-20,23-25H,1,4-17H2,2H3;2,7H,1,3-6H2;1-4H2;3-4H,1-2H2;3H,2H2,1H3;5-7H;(H,5,6,7);/q;;;;;;;+2/p-2. The van der Waals surface area contributed by atoms with Crippen LogP contribution in [-0.4, -0.2) is 209 Å². The van der Waals surface area contributed by atoms with Crippen molar-refractivity contribution < 1.29 is 129 Å². The molecule has 2 radical (unpaired) electrons. The predicted octanol–water partition coefficient (Wildman–Crippen LogP) is 4.52. The summed E-state index contributed by atoms with van der Waals surface area (Å²) in [6.45, 7) is 11.9. The van der Waals surface area contributed by atoms with Crippen LogP contribution in [0.3, 0.4) is 0 Å². The summed E-state index contributed by atoms with van der Waals surface area (Å²) in [5.41, 5.74) is -11.2. The van der Waals surface area contributed by atoms with Gasteiger partial charge >= 0.3 is 129 Å². The third kappa shape index (κ3) is 43.0. The van der Waals surface area contributed by atoms with E-state index in [1.54, 1.807) is 26.2 Å². The van der Waals surface area contributed by atoms with Crippen LogP contribution < -0.4 is 0 Å². The predicted molar refractivity (Wildman–Crippen MR) is 257 cm³/mol. The maximum atomic E-state index is 12.0. The Labute approximate surface area is 442 Å². The fourth-order valence-electron chi connectivity index (χ4n) is 4.76. The zero-order chi connectivity index (χ0) is 57.1. The van der Waals surface area contributed by atoms with Crippen LogP contribution in [0.15, 0.2) is 25.3 Å². The summed E-state index contributed by atoms with van der Waals surface area (Å²) < 4.78 is 151. The first-order valence-corrected chi connectivity index (χ1v) is 31.8. The van der Waals surface area contributed by atoms with E-state index < -0.39 is 77.1 Å². The van der Waals surface area contributed by atoms with Crippen LogP contribution >= 0.6 is 18.8 Å². The quantitative estimate of drug-likeness (QED) is 0.00791. The van der Waals surface area contributed by atoms with Crippen molar-refractivity contribution >= 4 is 71.8 Å². The van der Waals surface area contributed by atoms with E-state index in [0.717, 1.165) is 38.7 Å². The van der Waals surface area contributed by atoms with Gasteiger partial charge in [-0.1, -0.05) is 12.2 Å². The first-order valence-electron chi connectivity index (χ1n) is 22.8. The molecule has 438 valence electrons. The summed E-state index contributed by atoms with van der Waals surface area (Å²) in [5, 5.41) is 43.6. The topological polar surface area (TPSA) is 330 Å². The summed E-state index contributed by atoms with van der Waals surface area (Å²) in [5.74, 6) is -1.10. The third-order valence-electron chi connectivity index (χ3n) is 8.66. The number of carbonyl (C=O) groups excluding carboxylic acids is 4. The van der Waals surface area contributed by atoms with Crippen molar-refractivity contribution in [2.75, 3.05) is 93.0 Å². The number of hydrogen-bond donors (Lipinski definition) is 7. The van der Waals surface area contributed by atoms with Gasteiger partial charge in [0.15, 0.2) is 0 Å². The second-order valence-electron chi connectivity index (χ2n) is 15.0. The molecule has 22 nitrogen and oxygen atoms in total. The van der Waals surface area contributed by atoms with Gasteiger partial charge in [0.25, 0.3) is 0 Å². The van der Waals surface area contributed by atoms with Crippen LogP contribution in [-0.2, 0) is 68.5 Å². The van der Waals surface area contributed by atoms with E-state index >= 15 is 0 Å². The molecule has 0 amide bonds. The number of allylic oxidation sites excluding steroid dienone is 2. The molecule has 3 heterocycles. The molecule has 0 bridgehead atoms. The van der Waals surface area contributed by atoms with Crippen LogP contribution in [0.5, 0.6) is 0 Å². The second-order valence-corrected chi connectivity index (χ2v) is 27.3. The molecule has 3 aliphatic rings. The summed E-state index contributed by atoms with van der Waals surface area (Å²) in [6, 6.07) is 0. The number of aliphatic hydroxyl groups is 5. The number of ether oxygens (including phenoxy) is 8. The second kappa shape index (κ2) is 45.9. The molecule has 3 saturated heterocycles. The number of carbonyl (C=O) groups is 4. The molecule has 0 saturated carbocycles. The molecule has 0 aromatic heterocycles. The SMILES string of the molecule is C=CCC(CCCO)C(=O)OCCCCC(=O)OCC(O)COC(CO)COCCOC.C=CCC1CCCOC1=O.CCO.O=C1CCCCO1.O=S(=O)([S][Sn][O]S(O)(O)C(F)(F)F)C(F)(F)F.OCC1CO1. The third-order valence-corrected chi connectivity index (χ3v) is 23.2. The number of epoxide rings is 1. The van der Waals surface area contributed by atoms with Gasteiger partial charge < -0.3 is 63.4 Å². The molecule has 0 aliphatic carbocycles. The van der Waals surface area contributed by atoms with E-state index in [2.05, 4.69) is 25.2 Å². The maximum Gasteiger partial charge on any atom is 0.104 e. The average molecular weight is 1260 g/mol. The number of unbranched alkanes of at least 4 members (excludes halogenated alkanes) is 1. The minimum Gasteiger partial charge on any atom is -0.394 e. The molecular weight excluding hydrogens is 1190 g/mol. The summed E-state index contributed by atoms with van der Waals surface area (Å²) >= 11 is -3.32. The molecule has 0 spiro atoms. The van der Waals surface area contributed by atoms with Crippen LogP contribution in [0.1, 0.15) is 84.0 Å². The smallest absolute Gasteiger partial charge is 0.104 e. The van der Waals surface area contributed by atoms with Gasteiger partial charge in [-0.05, 0) is 71.1 Å². The Bertz CT molecular complexity index is 1590. The van der Waals surface area contributed by atoms with Gasteiger partial charge in [-0.15, -0.1) is 13.2 Å². The molecule has 0 aromatic rings. The number of halogens is 6. The fraction of sp³-hybridized carbons (Fsp3) is 0.810. The Balaban J connectivity index is -0.000000980. The van der Waals surface area contributed by atoms with Crippen molar-refractivity contribution in [2.45, 2.75) is 113 Å². The van der Waals surface area contributed by atoms with Crippen LogP contribution in [0, 0.1) is 11.8 Å². The Hall–Kier alpha value is -2.09. The molecule has 5 atom stereocenters. The summed E-state index contributed by atoms with van der Waals surface area (Å²) in [4.78, 5) is 44.9. The van der Waals surface area contributed by atoms with Crippen molar-refractivity contribution in [3.8, 4) is 0 Å². The van der Waals surface area contributed by atoms with Gasteiger partial charge in [0, 0.05) is 33.2 Å². The van der Waals surface area contributed by atoms with Gasteiger partial charge in [0.1, 0.15) is 24.9 Å². The molecule has 3 aliphatic heterocycles. The Morgan fingerprint density at radius 3 is 2.00 bits per heavy atom. The molecule has 32 heteroatoms. The fourth-order valence-corrected chi connectivity index (χ4v) is 16.4. The number of methoxy groups -OCH3 is 1. The average Bonchev–Trinajstić information content (AvgIpc) is 4.18. The van der Waals surface area contributed by atoms with Gasteiger partial charge in [0.05, 0.1) is 77.9 Å². The largest absolute Gasteiger partial charge is 0.394 e. The first kappa shape index (κ1) is 76.1. The van der Waals surface area contributed by atoms with Crippen molar-refractivity contribution in [2.24, 2.45) is 11.8 Å². The van der Waals surface area contributed by atoms with Gasteiger partial charge in [-0.2, -0.15) is 0 Å². The number of esters is 4. The number of rotatable bonds is 29. The van der Waals surface area contributed by atoms with Gasteiger partial charge in [0.2, 0.25) is 0 Å². The monoisotopic (exact) mass is 1260 g/mol. The summed E-state index contributed by atoms with van der Waals surface area (Å²) in [7, 11) is -10.5. The van der Waals surface area contributed by atoms with E-state index in [1.165, 1.54) is 0 Å². The Morgan fingerprint density at radius 2 is 1.54 bits per heavy atom. The molecular formula is C42H74F6O22S3Sn. The van der Waals surface area contributed by atoms with Crippen LogP contribution in [0.4, 0.5) is 26.3 Å². The number of alkyl halides is 6. The van der Waals surface area contributed by atoms with Crippen molar-refractivity contribution in [3.05, 3.63) is 25.3 Å². The van der Waals surface area contributed by atoms with E-state index in [4.69, 9.17) is 52.8 Å². The molecule has 3 rings (SSSR count). The van der Waals surface area contributed by atoms with Crippen LogP contribution in [0.2, 0.25) is 0 Å². The van der Waals surface area contributed by atoms with Gasteiger partial charge in [-0.3, -0.25) is 19.2 Å². The minimum atomic E-state index is -5.67. The Kier molecular flexibility index (Phi) is 47.2. The van der Waals surface area contributed by atoms with Crippen molar-refractivity contribution in [3.63, 3.8) is 0 Å². The normalized spacial score (nSPS) is 17.7. The van der Waals surface area contributed by atoms with Gasteiger partial charge in [-0.25, -0.2) is 0 Å². The van der Waals surface area contributed by atoms with Crippen molar-refractivity contribution in [1.29, 1.82) is 0 Å². The van der Waals surface area contributed by atoms with E-state index in [0.29, 0.717) is 65.0 Å². The first-order chi connectivity index (χ1) is 34.8.